The average Bonchev–Trinajstić information content (AvgIpc) is 2.65. The first-order valence-corrected chi connectivity index (χ1v) is 7.25. The number of imide groups is 1. The van der Waals surface area contributed by atoms with E-state index in [1.807, 2.05) is 13.8 Å². The molecule has 2 N–H and O–H groups in total. The maximum absolute atomic E-state index is 12.0. The van der Waals surface area contributed by atoms with Gasteiger partial charge < -0.3 is 10.4 Å². The highest BCUT2D eigenvalue weighted by atomic mass is 16.4. The first kappa shape index (κ1) is 16.6. The van der Waals surface area contributed by atoms with Crippen LogP contribution >= 0.6 is 0 Å². The Bertz CT molecular complexity index is 370. The van der Waals surface area contributed by atoms with E-state index in [0.29, 0.717) is 19.5 Å². The molecule has 1 aliphatic rings. The summed E-state index contributed by atoms with van der Waals surface area (Å²) in [6.07, 6.45) is 2.63. The molecule has 114 valence electrons. The number of carbonyl (C=O) groups excluding carboxylic acids is 2. The highest BCUT2D eigenvalue weighted by molar-refractivity contribution is 6.05. The average molecular weight is 284 g/mol. The van der Waals surface area contributed by atoms with Gasteiger partial charge in [-0.05, 0) is 31.7 Å². The summed E-state index contributed by atoms with van der Waals surface area (Å²) in [5, 5.41) is 11.7. The van der Waals surface area contributed by atoms with Crippen molar-refractivity contribution in [2.75, 3.05) is 13.1 Å². The number of nitrogens with one attached hydrogen (secondary N) is 1. The second kappa shape index (κ2) is 7.99. The number of carbonyl (C=O) groups is 3. The number of nitrogens with zero attached hydrogens (tertiary/aromatic N) is 1. The minimum absolute atomic E-state index is 0.103. The predicted molar refractivity (Wildman–Crippen MR) is 74.1 cm³/mol. The summed E-state index contributed by atoms with van der Waals surface area (Å²) in [7, 11) is 0. The van der Waals surface area contributed by atoms with Gasteiger partial charge in [0.05, 0.1) is 12.5 Å². The molecular formula is C14H24N2O4. The van der Waals surface area contributed by atoms with Crippen molar-refractivity contribution in [2.45, 2.75) is 52.0 Å². The van der Waals surface area contributed by atoms with Gasteiger partial charge in [0.25, 0.3) is 0 Å². The Labute approximate surface area is 119 Å². The van der Waals surface area contributed by atoms with Gasteiger partial charge in [0.1, 0.15) is 0 Å². The fourth-order valence-corrected chi connectivity index (χ4v) is 2.32. The summed E-state index contributed by atoms with van der Waals surface area (Å²) >= 11 is 0. The summed E-state index contributed by atoms with van der Waals surface area (Å²) in [5.41, 5.74) is 0. The summed E-state index contributed by atoms with van der Waals surface area (Å²) in [4.78, 5) is 35.4. The lowest BCUT2D eigenvalue weighted by Crippen LogP contribution is -2.39. The monoisotopic (exact) mass is 284 g/mol. The molecule has 0 aromatic heterocycles. The number of rotatable bonds is 9. The fourth-order valence-electron chi connectivity index (χ4n) is 2.32. The van der Waals surface area contributed by atoms with Crippen LogP contribution in [0.25, 0.3) is 0 Å². The van der Waals surface area contributed by atoms with E-state index in [-0.39, 0.29) is 30.6 Å². The van der Waals surface area contributed by atoms with E-state index < -0.39 is 12.0 Å². The number of hydrogen-bond donors (Lipinski definition) is 2. The number of aliphatic carboxylic acids is 1. The SMILES string of the molecule is CCCN1C(=O)CC(NCCC(C)CCC(=O)O)C1=O. The first-order chi connectivity index (χ1) is 9.45. The summed E-state index contributed by atoms with van der Waals surface area (Å²) in [6.45, 7) is 5.05. The molecule has 1 rings (SSSR count). The molecule has 20 heavy (non-hydrogen) atoms. The number of likely N-dealkylation sites (tertiary alicyclic amines) is 1. The van der Waals surface area contributed by atoms with Gasteiger partial charge in [0, 0.05) is 13.0 Å². The molecule has 2 unspecified atom stereocenters. The van der Waals surface area contributed by atoms with Gasteiger partial charge in [-0.2, -0.15) is 0 Å². The van der Waals surface area contributed by atoms with Gasteiger partial charge in [0.2, 0.25) is 11.8 Å². The summed E-state index contributed by atoms with van der Waals surface area (Å²) < 4.78 is 0. The molecule has 0 saturated carbocycles. The number of carboxylic acids is 1. The molecule has 1 aliphatic heterocycles. The van der Waals surface area contributed by atoms with Crippen LogP contribution in [-0.2, 0) is 14.4 Å². The predicted octanol–water partition coefficient (Wildman–Crippen LogP) is 1.00. The molecule has 0 bridgehead atoms. The largest absolute Gasteiger partial charge is 0.481 e. The van der Waals surface area contributed by atoms with Crippen molar-refractivity contribution in [3.05, 3.63) is 0 Å². The second-order valence-electron chi connectivity index (χ2n) is 5.42. The third-order valence-corrected chi connectivity index (χ3v) is 3.57. The molecule has 1 saturated heterocycles. The van der Waals surface area contributed by atoms with E-state index in [2.05, 4.69) is 5.32 Å². The van der Waals surface area contributed by atoms with Crippen LogP contribution in [0.5, 0.6) is 0 Å². The highest BCUT2D eigenvalue weighted by Gasteiger charge is 2.37. The Morgan fingerprint density at radius 3 is 2.75 bits per heavy atom. The van der Waals surface area contributed by atoms with Gasteiger partial charge in [-0.3, -0.25) is 19.3 Å². The van der Waals surface area contributed by atoms with Crippen molar-refractivity contribution in [2.24, 2.45) is 5.92 Å². The van der Waals surface area contributed by atoms with Crippen LogP contribution < -0.4 is 5.32 Å². The van der Waals surface area contributed by atoms with Crippen LogP contribution in [0, 0.1) is 5.92 Å². The summed E-state index contributed by atoms with van der Waals surface area (Å²) in [5.74, 6) is -0.725. The molecule has 0 radical (unpaired) electrons. The molecular weight excluding hydrogens is 260 g/mol. The fraction of sp³-hybridized carbons (Fsp3) is 0.786. The van der Waals surface area contributed by atoms with Crippen molar-refractivity contribution in [3.8, 4) is 0 Å². The standard InChI is InChI=1S/C14H24N2O4/c1-3-8-16-12(17)9-11(14(16)20)15-7-6-10(2)4-5-13(18)19/h10-11,15H,3-9H2,1-2H3,(H,18,19). The van der Waals surface area contributed by atoms with Crippen LogP contribution in [0.2, 0.25) is 0 Å². The summed E-state index contributed by atoms with van der Waals surface area (Å²) in [6, 6.07) is -0.402. The smallest absolute Gasteiger partial charge is 0.303 e. The number of carboxylic acid groups (broad SMARTS) is 1. The van der Waals surface area contributed by atoms with Crippen molar-refractivity contribution in [3.63, 3.8) is 0 Å². The highest BCUT2D eigenvalue weighted by Crippen LogP contribution is 2.14. The van der Waals surface area contributed by atoms with Crippen molar-refractivity contribution in [1.29, 1.82) is 0 Å². The molecule has 6 nitrogen and oxygen atoms in total. The van der Waals surface area contributed by atoms with Crippen LogP contribution in [0.1, 0.15) is 46.0 Å². The molecule has 2 amide bonds. The minimum Gasteiger partial charge on any atom is -0.481 e. The Hall–Kier alpha value is -1.43. The minimum atomic E-state index is -0.781. The topological polar surface area (TPSA) is 86.7 Å². The van der Waals surface area contributed by atoms with Crippen LogP contribution in [0.15, 0.2) is 0 Å². The van der Waals surface area contributed by atoms with Crippen molar-refractivity contribution >= 4 is 17.8 Å². The van der Waals surface area contributed by atoms with E-state index in [9.17, 15) is 14.4 Å². The maximum atomic E-state index is 12.0. The number of hydrogen-bond acceptors (Lipinski definition) is 4. The third kappa shape index (κ3) is 4.92. The Morgan fingerprint density at radius 1 is 1.45 bits per heavy atom. The van der Waals surface area contributed by atoms with Gasteiger partial charge in [-0.25, -0.2) is 0 Å². The normalized spacial score (nSPS) is 20.5. The molecule has 2 atom stereocenters. The van der Waals surface area contributed by atoms with Crippen LogP contribution in [0.3, 0.4) is 0 Å². The third-order valence-electron chi connectivity index (χ3n) is 3.57. The molecule has 0 aliphatic carbocycles. The zero-order valence-corrected chi connectivity index (χ0v) is 12.2. The molecule has 0 aromatic carbocycles. The molecule has 6 heteroatoms. The van der Waals surface area contributed by atoms with Crippen molar-refractivity contribution in [1.82, 2.24) is 10.2 Å². The van der Waals surface area contributed by atoms with E-state index in [1.54, 1.807) is 0 Å². The molecule has 1 fully saturated rings. The Balaban J connectivity index is 2.27. The second-order valence-corrected chi connectivity index (χ2v) is 5.42. The van der Waals surface area contributed by atoms with Crippen LogP contribution in [-0.4, -0.2) is 46.9 Å². The van der Waals surface area contributed by atoms with E-state index in [1.165, 1.54) is 4.90 Å². The first-order valence-electron chi connectivity index (χ1n) is 7.25. The van der Waals surface area contributed by atoms with E-state index >= 15 is 0 Å². The van der Waals surface area contributed by atoms with Crippen molar-refractivity contribution < 1.29 is 19.5 Å². The van der Waals surface area contributed by atoms with E-state index in [0.717, 1.165) is 12.8 Å². The van der Waals surface area contributed by atoms with E-state index in [4.69, 9.17) is 5.11 Å². The van der Waals surface area contributed by atoms with Gasteiger partial charge >= 0.3 is 5.97 Å². The Morgan fingerprint density at radius 2 is 2.15 bits per heavy atom. The lowest BCUT2D eigenvalue weighted by atomic mass is 10.0. The Kier molecular flexibility index (Phi) is 6.64. The zero-order chi connectivity index (χ0) is 15.1. The molecule has 1 heterocycles. The lowest BCUT2D eigenvalue weighted by Gasteiger charge is -2.15. The zero-order valence-electron chi connectivity index (χ0n) is 12.2. The quantitative estimate of drug-likeness (QED) is 0.617. The van der Waals surface area contributed by atoms with Gasteiger partial charge in [0.15, 0.2) is 0 Å². The maximum Gasteiger partial charge on any atom is 0.303 e. The number of amides is 2. The molecule has 0 spiro atoms. The van der Waals surface area contributed by atoms with Crippen LogP contribution in [0.4, 0.5) is 0 Å². The molecule has 0 aromatic rings. The van der Waals surface area contributed by atoms with Gasteiger partial charge in [-0.1, -0.05) is 13.8 Å². The lowest BCUT2D eigenvalue weighted by molar-refractivity contribution is -0.139. The van der Waals surface area contributed by atoms with Gasteiger partial charge in [-0.15, -0.1) is 0 Å².